The zero-order valence-electron chi connectivity index (χ0n) is 18.6. The number of aliphatic hydroxyl groups is 1. The van der Waals surface area contributed by atoms with Crippen LogP contribution in [-0.4, -0.2) is 35.3 Å². The number of aliphatic hydroxyl groups excluding tert-OH is 1. The van der Waals surface area contributed by atoms with E-state index >= 15 is 0 Å². The Labute approximate surface area is 185 Å². The molecule has 1 saturated carbocycles. The Bertz CT molecular complexity index is 877. The maximum atomic E-state index is 11.9. The highest BCUT2D eigenvalue weighted by atomic mass is 16.3. The quantitative estimate of drug-likeness (QED) is 0.426. The third-order valence-corrected chi connectivity index (χ3v) is 6.23. The lowest BCUT2D eigenvalue weighted by atomic mass is 9.72. The zero-order chi connectivity index (χ0) is 21.9. The smallest absolute Gasteiger partial charge is 0.250 e. The van der Waals surface area contributed by atoms with Crippen LogP contribution in [0.2, 0.25) is 0 Å². The molecule has 3 N–H and O–H groups in total. The largest absolute Gasteiger partial charge is 0.396 e. The molecule has 0 spiro atoms. The average Bonchev–Trinajstić information content (AvgIpc) is 2.79. The lowest BCUT2D eigenvalue weighted by Crippen LogP contribution is -2.44. The molecule has 0 saturated heterocycles. The molecule has 2 aromatic rings. The number of nitrogens with zero attached hydrogens (tertiary/aromatic N) is 2. The molecule has 1 aliphatic rings. The summed E-state index contributed by atoms with van der Waals surface area (Å²) in [7, 11) is 0. The lowest BCUT2D eigenvalue weighted by Gasteiger charge is -2.37. The molecule has 0 aliphatic heterocycles. The molecule has 1 fully saturated rings. The van der Waals surface area contributed by atoms with Gasteiger partial charge in [0.2, 0.25) is 0 Å². The Hall–Kier alpha value is -2.60. The standard InChI is InChI=1S/C25H36N4O2/c1-2-26-24(28-20-25(15-17-30)13-5-3-6-14-25)27-18-21-9-11-22(12-10-21)19-29-16-7-4-8-23(29)31/h4,7-12,16,30H,2-3,5-6,13-15,17-20H2,1H3,(H2,26,27,28). The second-order valence-corrected chi connectivity index (χ2v) is 8.57. The highest BCUT2D eigenvalue weighted by Gasteiger charge is 2.31. The van der Waals surface area contributed by atoms with Gasteiger partial charge in [-0.15, -0.1) is 0 Å². The van der Waals surface area contributed by atoms with Crippen molar-refractivity contribution in [2.45, 2.75) is 58.5 Å². The summed E-state index contributed by atoms with van der Waals surface area (Å²) in [6, 6.07) is 13.5. The van der Waals surface area contributed by atoms with Gasteiger partial charge in [0.05, 0.1) is 13.1 Å². The van der Waals surface area contributed by atoms with Crippen molar-refractivity contribution in [3.8, 4) is 0 Å². The molecule has 168 valence electrons. The first-order valence-electron chi connectivity index (χ1n) is 11.5. The molecule has 0 unspecified atom stereocenters. The van der Waals surface area contributed by atoms with Gasteiger partial charge in [-0.1, -0.05) is 49.6 Å². The highest BCUT2D eigenvalue weighted by molar-refractivity contribution is 5.79. The molecule has 1 aromatic carbocycles. The summed E-state index contributed by atoms with van der Waals surface area (Å²) in [5.41, 5.74) is 2.41. The molecule has 6 heteroatoms. The van der Waals surface area contributed by atoms with Gasteiger partial charge in [0, 0.05) is 32.0 Å². The topological polar surface area (TPSA) is 78.7 Å². The molecule has 0 amide bonds. The van der Waals surface area contributed by atoms with Crippen LogP contribution in [0.1, 0.15) is 56.6 Å². The third-order valence-electron chi connectivity index (χ3n) is 6.23. The minimum Gasteiger partial charge on any atom is -0.396 e. The maximum Gasteiger partial charge on any atom is 0.250 e. The molecular formula is C25H36N4O2. The third kappa shape index (κ3) is 6.96. The van der Waals surface area contributed by atoms with E-state index in [2.05, 4.69) is 41.8 Å². The number of hydrogen-bond acceptors (Lipinski definition) is 3. The first-order chi connectivity index (χ1) is 15.1. The van der Waals surface area contributed by atoms with Crippen LogP contribution in [0, 0.1) is 5.41 Å². The molecule has 1 heterocycles. The van der Waals surface area contributed by atoms with Crippen LogP contribution in [0.15, 0.2) is 58.4 Å². The lowest BCUT2D eigenvalue weighted by molar-refractivity contribution is 0.131. The molecular weight excluding hydrogens is 388 g/mol. The number of benzene rings is 1. The van der Waals surface area contributed by atoms with E-state index in [4.69, 9.17) is 4.99 Å². The summed E-state index contributed by atoms with van der Waals surface area (Å²) in [5.74, 6) is 0.824. The number of aromatic nitrogens is 1. The van der Waals surface area contributed by atoms with Crippen molar-refractivity contribution in [1.82, 2.24) is 15.2 Å². The zero-order valence-corrected chi connectivity index (χ0v) is 18.6. The van der Waals surface area contributed by atoms with Crippen molar-refractivity contribution >= 4 is 5.96 Å². The number of rotatable bonds is 9. The summed E-state index contributed by atoms with van der Waals surface area (Å²) in [6.07, 6.45) is 8.80. The molecule has 0 radical (unpaired) electrons. The first kappa shape index (κ1) is 23.1. The van der Waals surface area contributed by atoms with E-state index in [0.29, 0.717) is 13.1 Å². The molecule has 31 heavy (non-hydrogen) atoms. The van der Waals surface area contributed by atoms with E-state index in [1.54, 1.807) is 16.7 Å². The average molecular weight is 425 g/mol. The monoisotopic (exact) mass is 424 g/mol. The van der Waals surface area contributed by atoms with Gasteiger partial charge in [-0.05, 0) is 48.8 Å². The van der Waals surface area contributed by atoms with Gasteiger partial charge in [-0.3, -0.25) is 4.79 Å². The fourth-order valence-corrected chi connectivity index (χ4v) is 4.38. The second-order valence-electron chi connectivity index (χ2n) is 8.57. The van der Waals surface area contributed by atoms with Crippen LogP contribution in [-0.2, 0) is 13.1 Å². The van der Waals surface area contributed by atoms with E-state index in [1.165, 1.54) is 32.1 Å². The predicted octanol–water partition coefficient (Wildman–Crippen LogP) is 3.28. The normalized spacial score (nSPS) is 16.1. The molecule has 1 aliphatic carbocycles. The number of aliphatic imine (C=N–C) groups is 1. The van der Waals surface area contributed by atoms with E-state index in [9.17, 15) is 9.90 Å². The summed E-state index contributed by atoms with van der Waals surface area (Å²) in [6.45, 7) is 5.14. The number of nitrogens with one attached hydrogen (secondary N) is 2. The number of guanidine groups is 1. The summed E-state index contributed by atoms with van der Waals surface area (Å²) in [5, 5.41) is 16.4. The fourth-order valence-electron chi connectivity index (χ4n) is 4.38. The van der Waals surface area contributed by atoms with Gasteiger partial charge >= 0.3 is 0 Å². The van der Waals surface area contributed by atoms with Crippen molar-refractivity contribution in [1.29, 1.82) is 0 Å². The predicted molar refractivity (Wildman–Crippen MR) is 126 cm³/mol. The summed E-state index contributed by atoms with van der Waals surface area (Å²) in [4.78, 5) is 16.7. The summed E-state index contributed by atoms with van der Waals surface area (Å²) < 4.78 is 1.70. The fraction of sp³-hybridized carbons (Fsp3) is 0.520. The Balaban J connectivity index is 1.59. The van der Waals surface area contributed by atoms with Crippen molar-refractivity contribution < 1.29 is 5.11 Å². The Morgan fingerprint density at radius 2 is 1.81 bits per heavy atom. The SMILES string of the molecule is CCNC(=NCc1ccc(Cn2ccccc2=O)cc1)NCC1(CCO)CCCCC1. The van der Waals surface area contributed by atoms with Crippen molar-refractivity contribution in [2.75, 3.05) is 19.7 Å². The number of pyridine rings is 1. The molecule has 6 nitrogen and oxygen atoms in total. The van der Waals surface area contributed by atoms with Crippen LogP contribution >= 0.6 is 0 Å². The second kappa shape index (κ2) is 11.7. The Kier molecular flexibility index (Phi) is 8.71. The minimum atomic E-state index is 0.00877. The van der Waals surface area contributed by atoms with Gasteiger partial charge < -0.3 is 20.3 Å². The van der Waals surface area contributed by atoms with Gasteiger partial charge in [0.1, 0.15) is 0 Å². The van der Waals surface area contributed by atoms with E-state index in [0.717, 1.165) is 36.6 Å². The Morgan fingerprint density at radius 3 is 2.48 bits per heavy atom. The van der Waals surface area contributed by atoms with Crippen LogP contribution in [0.5, 0.6) is 0 Å². The van der Waals surface area contributed by atoms with Crippen molar-refractivity contribution in [2.24, 2.45) is 10.4 Å². The van der Waals surface area contributed by atoms with Crippen LogP contribution < -0.4 is 16.2 Å². The van der Waals surface area contributed by atoms with Crippen LogP contribution in [0.25, 0.3) is 0 Å². The number of hydrogen-bond donors (Lipinski definition) is 3. The van der Waals surface area contributed by atoms with E-state index in [-0.39, 0.29) is 17.6 Å². The molecule has 0 atom stereocenters. The van der Waals surface area contributed by atoms with Crippen LogP contribution in [0.4, 0.5) is 0 Å². The maximum absolute atomic E-state index is 11.9. The van der Waals surface area contributed by atoms with Crippen molar-refractivity contribution in [3.63, 3.8) is 0 Å². The van der Waals surface area contributed by atoms with Crippen LogP contribution in [0.3, 0.4) is 0 Å². The van der Waals surface area contributed by atoms with E-state index in [1.807, 2.05) is 12.3 Å². The highest BCUT2D eigenvalue weighted by Crippen LogP contribution is 2.38. The summed E-state index contributed by atoms with van der Waals surface area (Å²) >= 11 is 0. The minimum absolute atomic E-state index is 0.00877. The molecule has 3 rings (SSSR count). The van der Waals surface area contributed by atoms with E-state index < -0.39 is 0 Å². The van der Waals surface area contributed by atoms with Gasteiger partial charge in [0.25, 0.3) is 5.56 Å². The van der Waals surface area contributed by atoms with Gasteiger partial charge in [0.15, 0.2) is 5.96 Å². The first-order valence-corrected chi connectivity index (χ1v) is 11.5. The van der Waals surface area contributed by atoms with Crippen molar-refractivity contribution in [3.05, 3.63) is 70.1 Å². The molecule has 0 bridgehead atoms. The van der Waals surface area contributed by atoms with Gasteiger partial charge in [-0.25, -0.2) is 4.99 Å². The Morgan fingerprint density at radius 1 is 1.06 bits per heavy atom. The molecule has 1 aromatic heterocycles. The van der Waals surface area contributed by atoms with Gasteiger partial charge in [-0.2, -0.15) is 0 Å².